The van der Waals surface area contributed by atoms with Crippen LogP contribution in [0.2, 0.25) is 0 Å². The molecule has 0 spiro atoms. The van der Waals surface area contributed by atoms with Gasteiger partial charge in [-0.2, -0.15) is 0 Å². The summed E-state index contributed by atoms with van der Waals surface area (Å²) >= 11 is 0. The van der Waals surface area contributed by atoms with Crippen LogP contribution < -0.4 is 11.1 Å². The number of aromatic nitrogens is 3. The average Bonchev–Trinajstić information content (AvgIpc) is 2.99. The molecule has 1 amide bonds. The zero-order valence-electron chi connectivity index (χ0n) is 12.3. The van der Waals surface area contributed by atoms with Crippen LogP contribution in [0, 0.1) is 6.92 Å². The van der Waals surface area contributed by atoms with Crippen molar-refractivity contribution in [3.05, 3.63) is 46.6 Å². The molecule has 2 aromatic heterocycles. The van der Waals surface area contributed by atoms with Gasteiger partial charge in [0, 0.05) is 30.3 Å². The van der Waals surface area contributed by atoms with E-state index in [0.29, 0.717) is 28.8 Å². The molecule has 7 heteroatoms. The van der Waals surface area contributed by atoms with Gasteiger partial charge in [-0.05, 0) is 34.9 Å². The minimum atomic E-state index is -0.112. The maximum absolute atomic E-state index is 11.5. The third-order valence-corrected chi connectivity index (χ3v) is 3.59. The lowest BCUT2D eigenvalue weighted by molar-refractivity contribution is 0.0963. The Morgan fingerprint density at radius 3 is 2.68 bits per heavy atom. The van der Waals surface area contributed by atoms with Gasteiger partial charge in [-0.1, -0.05) is 12.1 Å². The monoisotopic (exact) mass is 297 g/mol. The lowest BCUT2D eigenvalue weighted by Crippen LogP contribution is -2.17. The smallest absolute Gasteiger partial charge is 0.251 e. The van der Waals surface area contributed by atoms with Gasteiger partial charge >= 0.3 is 0 Å². The number of anilines is 1. The van der Waals surface area contributed by atoms with E-state index in [1.165, 1.54) is 0 Å². The number of carbonyl (C=O) groups is 1. The number of nitrogens with one attached hydrogen (secondary N) is 1. The van der Waals surface area contributed by atoms with E-state index in [2.05, 4.69) is 25.2 Å². The summed E-state index contributed by atoms with van der Waals surface area (Å²) in [6, 6.07) is 7.36. The third-order valence-electron chi connectivity index (χ3n) is 3.59. The number of nitrogen functional groups attached to an aromatic ring is 1. The molecule has 112 valence electrons. The molecule has 7 nitrogen and oxygen atoms in total. The van der Waals surface area contributed by atoms with E-state index < -0.39 is 0 Å². The molecule has 2 heterocycles. The lowest BCUT2D eigenvalue weighted by atomic mass is 10.0. The number of carbonyl (C=O) groups excluding carboxylic acids is 1. The molecule has 0 radical (unpaired) electrons. The highest BCUT2D eigenvalue weighted by atomic mass is 16.6. The minimum Gasteiger partial charge on any atom is -0.396 e. The zero-order chi connectivity index (χ0) is 15.7. The molecule has 0 unspecified atom stereocenters. The Hall–Kier alpha value is -2.96. The molecule has 3 rings (SSSR count). The summed E-state index contributed by atoms with van der Waals surface area (Å²) in [5, 5.41) is 10.1. The fourth-order valence-corrected chi connectivity index (χ4v) is 2.34. The summed E-state index contributed by atoms with van der Waals surface area (Å²) in [7, 11) is 1.60. The molecule has 0 aliphatic carbocycles. The topological polar surface area (TPSA) is 107 Å². The molecular weight excluding hydrogens is 282 g/mol. The second kappa shape index (κ2) is 5.44. The molecule has 1 aromatic carbocycles. The van der Waals surface area contributed by atoms with Crippen molar-refractivity contribution in [2.24, 2.45) is 0 Å². The summed E-state index contributed by atoms with van der Waals surface area (Å²) in [5.41, 5.74) is 10.9. The van der Waals surface area contributed by atoms with E-state index in [9.17, 15) is 4.79 Å². The fraction of sp³-hybridized carbons (Fsp3) is 0.200. The first kappa shape index (κ1) is 14.0. The van der Waals surface area contributed by atoms with Crippen LogP contribution in [0.15, 0.2) is 28.9 Å². The van der Waals surface area contributed by atoms with Crippen LogP contribution in [-0.4, -0.2) is 28.3 Å². The molecular formula is C15H15N5O2. The van der Waals surface area contributed by atoms with E-state index in [1.807, 2.05) is 19.1 Å². The molecule has 0 fully saturated rings. The van der Waals surface area contributed by atoms with Gasteiger partial charge in [0.1, 0.15) is 0 Å². The molecule has 0 saturated heterocycles. The number of benzene rings is 1. The Balaban J connectivity index is 1.94. The van der Waals surface area contributed by atoms with Gasteiger partial charge in [0.15, 0.2) is 5.52 Å². The normalized spacial score (nSPS) is 10.8. The molecule has 3 aromatic rings. The molecule has 0 aliphatic rings. The van der Waals surface area contributed by atoms with Gasteiger partial charge in [0.25, 0.3) is 5.91 Å². The van der Waals surface area contributed by atoms with Crippen molar-refractivity contribution >= 4 is 22.8 Å². The number of nitrogens with two attached hydrogens (primary N) is 1. The predicted octanol–water partition coefficient (Wildman–Crippen LogP) is 1.46. The number of nitrogens with zero attached hydrogens (tertiary/aromatic N) is 3. The Kier molecular flexibility index (Phi) is 3.46. The number of hydrogen-bond donors (Lipinski definition) is 2. The van der Waals surface area contributed by atoms with Crippen molar-refractivity contribution in [2.75, 3.05) is 12.8 Å². The summed E-state index contributed by atoms with van der Waals surface area (Å²) in [4.78, 5) is 15.9. The standard InChI is InChI=1S/C15H15N5O2/c1-8-11(12(16)13-14(18-8)20-22-19-13)7-9-3-5-10(6-4-9)15(21)17-2/h3-6H,7,16H2,1-2H3,(H,17,21). The van der Waals surface area contributed by atoms with Crippen molar-refractivity contribution in [1.82, 2.24) is 20.6 Å². The summed E-state index contributed by atoms with van der Waals surface area (Å²) < 4.78 is 4.67. The Labute approximate surface area is 126 Å². The molecule has 22 heavy (non-hydrogen) atoms. The molecule has 0 atom stereocenters. The van der Waals surface area contributed by atoms with Gasteiger partial charge in [0.05, 0.1) is 5.69 Å². The molecule has 3 N–H and O–H groups in total. The van der Waals surface area contributed by atoms with Crippen molar-refractivity contribution in [1.29, 1.82) is 0 Å². The van der Waals surface area contributed by atoms with E-state index >= 15 is 0 Å². The predicted molar refractivity (Wildman–Crippen MR) is 81.4 cm³/mol. The maximum Gasteiger partial charge on any atom is 0.251 e. The van der Waals surface area contributed by atoms with E-state index in [1.54, 1.807) is 19.2 Å². The second-order valence-corrected chi connectivity index (χ2v) is 4.98. The Morgan fingerprint density at radius 1 is 1.27 bits per heavy atom. The maximum atomic E-state index is 11.5. The molecule has 0 aliphatic heterocycles. The highest BCUT2D eigenvalue weighted by molar-refractivity contribution is 5.94. The first-order valence-corrected chi connectivity index (χ1v) is 6.78. The van der Waals surface area contributed by atoms with Crippen molar-refractivity contribution in [2.45, 2.75) is 13.3 Å². The van der Waals surface area contributed by atoms with E-state index in [0.717, 1.165) is 16.8 Å². The van der Waals surface area contributed by atoms with E-state index in [4.69, 9.17) is 5.73 Å². The van der Waals surface area contributed by atoms with Gasteiger partial charge in [0.2, 0.25) is 5.65 Å². The summed E-state index contributed by atoms with van der Waals surface area (Å²) in [5.74, 6) is -0.112. The number of fused-ring (bicyclic) bond motifs is 1. The lowest BCUT2D eigenvalue weighted by Gasteiger charge is -2.09. The van der Waals surface area contributed by atoms with Crippen LogP contribution in [0.1, 0.15) is 27.2 Å². The van der Waals surface area contributed by atoms with Gasteiger partial charge in [-0.25, -0.2) is 9.61 Å². The Morgan fingerprint density at radius 2 is 2.00 bits per heavy atom. The van der Waals surface area contributed by atoms with Crippen LogP contribution in [0.4, 0.5) is 5.69 Å². The van der Waals surface area contributed by atoms with Crippen molar-refractivity contribution < 1.29 is 9.42 Å². The Bertz CT molecular complexity index is 839. The van der Waals surface area contributed by atoms with Crippen molar-refractivity contribution in [3.63, 3.8) is 0 Å². The van der Waals surface area contributed by atoms with Crippen LogP contribution in [-0.2, 0) is 6.42 Å². The van der Waals surface area contributed by atoms with Crippen LogP contribution in [0.5, 0.6) is 0 Å². The average molecular weight is 297 g/mol. The first-order chi connectivity index (χ1) is 10.6. The van der Waals surface area contributed by atoms with Crippen molar-refractivity contribution in [3.8, 4) is 0 Å². The zero-order valence-corrected chi connectivity index (χ0v) is 12.3. The highest BCUT2D eigenvalue weighted by Gasteiger charge is 2.15. The van der Waals surface area contributed by atoms with Crippen LogP contribution in [0.3, 0.4) is 0 Å². The summed E-state index contributed by atoms with van der Waals surface area (Å²) in [6.07, 6.45) is 0.599. The summed E-state index contributed by atoms with van der Waals surface area (Å²) in [6.45, 7) is 1.87. The quantitative estimate of drug-likeness (QED) is 0.758. The number of aryl methyl sites for hydroxylation is 1. The minimum absolute atomic E-state index is 0.112. The van der Waals surface area contributed by atoms with Crippen LogP contribution >= 0.6 is 0 Å². The largest absolute Gasteiger partial charge is 0.396 e. The number of pyridine rings is 1. The fourth-order valence-electron chi connectivity index (χ4n) is 2.34. The highest BCUT2D eigenvalue weighted by Crippen LogP contribution is 2.25. The van der Waals surface area contributed by atoms with Gasteiger partial charge < -0.3 is 11.1 Å². The first-order valence-electron chi connectivity index (χ1n) is 6.78. The number of amides is 1. The molecule has 0 bridgehead atoms. The van der Waals surface area contributed by atoms with Gasteiger partial charge in [-0.15, -0.1) is 0 Å². The number of rotatable bonds is 3. The SMILES string of the molecule is CNC(=O)c1ccc(Cc2c(C)nc3nonc3c2N)cc1. The molecule has 0 saturated carbocycles. The van der Waals surface area contributed by atoms with E-state index in [-0.39, 0.29) is 5.91 Å². The van der Waals surface area contributed by atoms with Gasteiger partial charge in [-0.3, -0.25) is 4.79 Å². The number of hydrogen-bond acceptors (Lipinski definition) is 6. The van der Waals surface area contributed by atoms with Crippen LogP contribution in [0.25, 0.3) is 11.2 Å². The third kappa shape index (κ3) is 2.37. The second-order valence-electron chi connectivity index (χ2n) is 4.98.